The number of pyridine rings is 1. The van der Waals surface area contributed by atoms with Gasteiger partial charge in [-0.1, -0.05) is 0 Å². The summed E-state index contributed by atoms with van der Waals surface area (Å²) in [6.45, 7) is 5.18. The van der Waals surface area contributed by atoms with E-state index in [9.17, 15) is 0 Å². The van der Waals surface area contributed by atoms with E-state index < -0.39 is 0 Å². The van der Waals surface area contributed by atoms with E-state index >= 15 is 0 Å². The Kier molecular flexibility index (Phi) is 5.55. The van der Waals surface area contributed by atoms with Gasteiger partial charge in [0, 0.05) is 26.0 Å². The fraction of sp³-hybridized carbons (Fsp3) is 0.615. The van der Waals surface area contributed by atoms with Gasteiger partial charge in [0.2, 0.25) is 0 Å². The molecular weight excluding hydrogens is 216 g/mol. The lowest BCUT2D eigenvalue weighted by atomic mass is 10.1. The number of hydrogen-bond donors (Lipinski definition) is 1. The first-order valence-electron chi connectivity index (χ1n) is 5.86. The van der Waals surface area contributed by atoms with Crippen molar-refractivity contribution in [2.75, 3.05) is 20.3 Å². The number of nitrogens with zero attached hydrogens (tertiary/aromatic N) is 1. The second-order valence-corrected chi connectivity index (χ2v) is 4.59. The molecule has 0 bridgehead atoms. The number of aromatic nitrogens is 1. The van der Waals surface area contributed by atoms with Crippen LogP contribution in [0.2, 0.25) is 0 Å². The molecule has 4 nitrogen and oxygen atoms in total. The summed E-state index contributed by atoms with van der Waals surface area (Å²) in [7, 11) is 1.71. The molecule has 4 heteroatoms. The van der Waals surface area contributed by atoms with Crippen molar-refractivity contribution in [3.8, 4) is 0 Å². The molecule has 0 aliphatic carbocycles. The normalized spacial score (nSPS) is 13.6. The number of methoxy groups -OCH3 is 1. The largest absolute Gasteiger partial charge is 0.379 e. The van der Waals surface area contributed by atoms with Crippen molar-refractivity contribution in [3.05, 3.63) is 30.1 Å². The second-order valence-electron chi connectivity index (χ2n) is 4.59. The molecule has 1 aromatic rings. The van der Waals surface area contributed by atoms with Crippen LogP contribution in [0.5, 0.6) is 0 Å². The SMILES string of the molecule is COC(C)(C)CCOC(CN)c1ccncc1. The Labute approximate surface area is 103 Å². The highest BCUT2D eigenvalue weighted by atomic mass is 16.5. The summed E-state index contributed by atoms with van der Waals surface area (Å²) < 4.78 is 11.1. The molecule has 0 aliphatic heterocycles. The molecular formula is C13H22N2O2. The average molecular weight is 238 g/mol. The van der Waals surface area contributed by atoms with E-state index in [1.54, 1.807) is 19.5 Å². The van der Waals surface area contributed by atoms with Gasteiger partial charge in [0.1, 0.15) is 0 Å². The third-order valence-electron chi connectivity index (χ3n) is 2.87. The molecule has 0 amide bonds. The Morgan fingerprint density at radius 1 is 1.35 bits per heavy atom. The Morgan fingerprint density at radius 2 is 2.00 bits per heavy atom. The first-order chi connectivity index (χ1) is 8.09. The van der Waals surface area contributed by atoms with E-state index in [4.69, 9.17) is 15.2 Å². The number of hydrogen-bond acceptors (Lipinski definition) is 4. The molecule has 0 fully saturated rings. The van der Waals surface area contributed by atoms with Crippen LogP contribution in [0.15, 0.2) is 24.5 Å². The van der Waals surface area contributed by atoms with Gasteiger partial charge in [-0.3, -0.25) is 4.98 Å². The van der Waals surface area contributed by atoms with Crippen LogP contribution >= 0.6 is 0 Å². The maximum atomic E-state index is 5.78. The van der Waals surface area contributed by atoms with Crippen LogP contribution in [0.25, 0.3) is 0 Å². The second kappa shape index (κ2) is 6.69. The molecule has 0 spiro atoms. The van der Waals surface area contributed by atoms with Crippen molar-refractivity contribution in [1.82, 2.24) is 4.98 Å². The zero-order chi connectivity index (χ0) is 12.7. The van der Waals surface area contributed by atoms with E-state index in [-0.39, 0.29) is 11.7 Å². The van der Waals surface area contributed by atoms with E-state index in [1.807, 2.05) is 26.0 Å². The van der Waals surface area contributed by atoms with Crippen LogP contribution in [-0.4, -0.2) is 30.8 Å². The summed E-state index contributed by atoms with van der Waals surface area (Å²) >= 11 is 0. The highest BCUT2D eigenvalue weighted by molar-refractivity contribution is 5.13. The number of rotatable bonds is 7. The summed E-state index contributed by atoms with van der Waals surface area (Å²) in [6, 6.07) is 3.86. The quantitative estimate of drug-likeness (QED) is 0.788. The predicted molar refractivity (Wildman–Crippen MR) is 67.7 cm³/mol. The van der Waals surface area contributed by atoms with E-state index in [1.165, 1.54) is 0 Å². The fourth-order valence-corrected chi connectivity index (χ4v) is 1.43. The number of nitrogens with two attached hydrogens (primary N) is 1. The molecule has 2 N–H and O–H groups in total. The molecule has 0 aromatic carbocycles. The summed E-state index contributed by atoms with van der Waals surface area (Å²) in [6.07, 6.45) is 4.28. The minimum absolute atomic E-state index is 0.0642. The van der Waals surface area contributed by atoms with Gasteiger partial charge in [0.15, 0.2) is 0 Å². The highest BCUT2D eigenvalue weighted by Crippen LogP contribution is 2.18. The van der Waals surface area contributed by atoms with Crippen LogP contribution in [-0.2, 0) is 9.47 Å². The maximum Gasteiger partial charge on any atom is 0.0948 e. The maximum absolute atomic E-state index is 5.78. The molecule has 17 heavy (non-hydrogen) atoms. The molecule has 96 valence electrons. The van der Waals surface area contributed by atoms with Gasteiger partial charge in [0.05, 0.1) is 18.3 Å². The van der Waals surface area contributed by atoms with Gasteiger partial charge >= 0.3 is 0 Å². The van der Waals surface area contributed by atoms with E-state index in [0.29, 0.717) is 13.2 Å². The average Bonchev–Trinajstić information content (AvgIpc) is 2.36. The zero-order valence-electron chi connectivity index (χ0n) is 10.8. The van der Waals surface area contributed by atoms with Crippen molar-refractivity contribution < 1.29 is 9.47 Å². The topological polar surface area (TPSA) is 57.4 Å². The minimum atomic E-state index is -0.155. The van der Waals surface area contributed by atoms with Gasteiger partial charge in [-0.2, -0.15) is 0 Å². The van der Waals surface area contributed by atoms with Crippen molar-refractivity contribution in [3.63, 3.8) is 0 Å². The molecule has 1 atom stereocenters. The van der Waals surface area contributed by atoms with Crippen molar-refractivity contribution in [2.45, 2.75) is 32.0 Å². The molecule has 1 rings (SSSR count). The Balaban J connectivity index is 2.44. The van der Waals surface area contributed by atoms with Crippen LogP contribution in [0.3, 0.4) is 0 Å². The van der Waals surface area contributed by atoms with E-state index in [2.05, 4.69) is 4.98 Å². The van der Waals surface area contributed by atoms with Crippen molar-refractivity contribution in [1.29, 1.82) is 0 Å². The fourth-order valence-electron chi connectivity index (χ4n) is 1.43. The molecule has 1 heterocycles. The van der Waals surface area contributed by atoms with Gasteiger partial charge in [-0.15, -0.1) is 0 Å². The standard InChI is InChI=1S/C13H22N2O2/c1-13(2,16-3)6-9-17-12(10-14)11-4-7-15-8-5-11/h4-5,7-8,12H,6,9-10,14H2,1-3H3. The van der Waals surface area contributed by atoms with Gasteiger partial charge in [0.25, 0.3) is 0 Å². The minimum Gasteiger partial charge on any atom is -0.379 e. The molecule has 0 aliphatic rings. The summed E-state index contributed by atoms with van der Waals surface area (Å²) in [5.74, 6) is 0. The summed E-state index contributed by atoms with van der Waals surface area (Å²) in [5.41, 5.74) is 6.62. The van der Waals surface area contributed by atoms with Gasteiger partial charge < -0.3 is 15.2 Å². The van der Waals surface area contributed by atoms with Gasteiger partial charge in [-0.25, -0.2) is 0 Å². The lowest BCUT2D eigenvalue weighted by molar-refractivity contribution is -0.0257. The van der Waals surface area contributed by atoms with Gasteiger partial charge in [-0.05, 0) is 38.0 Å². The third kappa shape index (κ3) is 4.81. The predicted octanol–water partition coefficient (Wildman–Crippen LogP) is 1.91. The zero-order valence-corrected chi connectivity index (χ0v) is 10.8. The monoisotopic (exact) mass is 238 g/mol. The molecule has 0 saturated heterocycles. The highest BCUT2D eigenvalue weighted by Gasteiger charge is 2.17. The van der Waals surface area contributed by atoms with Crippen LogP contribution in [0.1, 0.15) is 31.9 Å². The number of ether oxygens (including phenoxy) is 2. The van der Waals surface area contributed by atoms with Crippen LogP contribution in [0.4, 0.5) is 0 Å². The third-order valence-corrected chi connectivity index (χ3v) is 2.87. The smallest absolute Gasteiger partial charge is 0.0948 e. The molecule has 0 saturated carbocycles. The van der Waals surface area contributed by atoms with Crippen LogP contribution in [0, 0.1) is 0 Å². The Morgan fingerprint density at radius 3 is 2.53 bits per heavy atom. The summed E-state index contributed by atoms with van der Waals surface area (Å²) in [5, 5.41) is 0. The first-order valence-corrected chi connectivity index (χ1v) is 5.86. The Hall–Kier alpha value is -0.970. The molecule has 1 unspecified atom stereocenters. The Bertz CT molecular complexity index is 314. The molecule has 1 aromatic heterocycles. The van der Waals surface area contributed by atoms with E-state index in [0.717, 1.165) is 12.0 Å². The van der Waals surface area contributed by atoms with Crippen molar-refractivity contribution >= 4 is 0 Å². The van der Waals surface area contributed by atoms with Crippen LogP contribution < -0.4 is 5.73 Å². The summed E-state index contributed by atoms with van der Waals surface area (Å²) in [4.78, 5) is 3.98. The van der Waals surface area contributed by atoms with Crippen molar-refractivity contribution in [2.24, 2.45) is 5.73 Å². The first kappa shape index (κ1) is 14.1. The lowest BCUT2D eigenvalue weighted by Gasteiger charge is -2.24. The lowest BCUT2D eigenvalue weighted by Crippen LogP contribution is -2.26. The molecule has 0 radical (unpaired) electrons.